The summed E-state index contributed by atoms with van der Waals surface area (Å²) in [5, 5.41) is 6.46. The van der Waals surface area contributed by atoms with Gasteiger partial charge in [-0.15, -0.1) is 0 Å². The third-order valence-corrected chi connectivity index (χ3v) is 8.36. The molecule has 3 aromatic rings. The first-order valence-electron chi connectivity index (χ1n) is 14.5. The van der Waals surface area contributed by atoms with Gasteiger partial charge in [0, 0.05) is 49.2 Å². The van der Waals surface area contributed by atoms with Gasteiger partial charge in [0.05, 0.1) is 12.1 Å². The van der Waals surface area contributed by atoms with Gasteiger partial charge in [-0.05, 0) is 62.0 Å². The SMILES string of the molecule is O=C(CN1CCC(N2CCCCC2)CC1)NC(Cc1c[nH]c2ccccc12)C(=O)NCc1ccccc1C(F)(F)F. The first kappa shape index (κ1) is 29.1. The van der Waals surface area contributed by atoms with Crippen molar-refractivity contribution < 1.29 is 22.8 Å². The molecule has 1 aromatic heterocycles. The molecule has 7 nitrogen and oxygen atoms in total. The number of nitrogens with zero attached hydrogens (tertiary/aromatic N) is 2. The van der Waals surface area contributed by atoms with Crippen LogP contribution in [0.3, 0.4) is 0 Å². The molecule has 2 aromatic carbocycles. The highest BCUT2D eigenvalue weighted by Gasteiger charge is 2.33. The summed E-state index contributed by atoms with van der Waals surface area (Å²) in [5.41, 5.74) is 0.940. The average Bonchev–Trinajstić information content (AvgIpc) is 3.39. The number of para-hydroxylation sites is 1. The first-order valence-corrected chi connectivity index (χ1v) is 14.5. The van der Waals surface area contributed by atoms with E-state index in [2.05, 4.69) is 25.4 Å². The molecule has 3 heterocycles. The summed E-state index contributed by atoms with van der Waals surface area (Å²) < 4.78 is 40.4. The Balaban J connectivity index is 1.23. The molecule has 0 saturated carbocycles. The maximum Gasteiger partial charge on any atom is 0.416 e. The van der Waals surface area contributed by atoms with E-state index in [1.54, 1.807) is 6.20 Å². The summed E-state index contributed by atoms with van der Waals surface area (Å²) in [6.45, 7) is 3.84. The van der Waals surface area contributed by atoms with E-state index in [0.717, 1.165) is 61.6 Å². The van der Waals surface area contributed by atoms with Crippen LogP contribution in [0, 0.1) is 0 Å². The molecular formula is C31H38F3N5O2. The maximum absolute atomic E-state index is 13.5. The van der Waals surface area contributed by atoms with Gasteiger partial charge in [0.15, 0.2) is 0 Å². The van der Waals surface area contributed by atoms with Crippen molar-refractivity contribution in [2.24, 2.45) is 0 Å². The largest absolute Gasteiger partial charge is 0.416 e. The third-order valence-electron chi connectivity index (χ3n) is 8.36. The van der Waals surface area contributed by atoms with E-state index in [-0.39, 0.29) is 31.0 Å². The smallest absolute Gasteiger partial charge is 0.361 e. The summed E-state index contributed by atoms with van der Waals surface area (Å²) in [7, 11) is 0. The normalized spacial score (nSPS) is 18.3. The number of carbonyl (C=O) groups is 2. The zero-order chi connectivity index (χ0) is 28.8. The van der Waals surface area contributed by atoms with E-state index in [9.17, 15) is 22.8 Å². The number of hydrogen-bond donors (Lipinski definition) is 3. The predicted octanol–water partition coefficient (Wildman–Crippen LogP) is 4.48. The lowest BCUT2D eigenvalue weighted by molar-refractivity contribution is -0.138. The van der Waals surface area contributed by atoms with Crippen molar-refractivity contribution in [3.05, 3.63) is 71.4 Å². The Morgan fingerprint density at radius 3 is 2.39 bits per heavy atom. The highest BCUT2D eigenvalue weighted by Crippen LogP contribution is 2.31. The highest BCUT2D eigenvalue weighted by atomic mass is 19.4. The number of piperidine rings is 2. The summed E-state index contributed by atoms with van der Waals surface area (Å²) in [6, 6.07) is 12.5. The lowest BCUT2D eigenvalue weighted by Gasteiger charge is -2.40. The Bertz CT molecular complexity index is 1330. The Morgan fingerprint density at radius 1 is 0.927 bits per heavy atom. The Hall–Kier alpha value is -3.37. The summed E-state index contributed by atoms with van der Waals surface area (Å²) in [5.74, 6) is -0.790. The van der Waals surface area contributed by atoms with Crippen LogP contribution in [0.5, 0.6) is 0 Å². The van der Waals surface area contributed by atoms with Crippen LogP contribution in [0.1, 0.15) is 48.8 Å². The lowest BCUT2D eigenvalue weighted by atomic mass is 10.00. The van der Waals surface area contributed by atoms with Gasteiger partial charge in [-0.3, -0.25) is 14.5 Å². The van der Waals surface area contributed by atoms with Crippen molar-refractivity contribution in [2.45, 2.75) is 63.3 Å². The number of rotatable bonds is 9. The minimum Gasteiger partial charge on any atom is -0.361 e. The predicted molar refractivity (Wildman–Crippen MR) is 152 cm³/mol. The molecule has 2 saturated heterocycles. The monoisotopic (exact) mass is 569 g/mol. The van der Waals surface area contributed by atoms with E-state index in [1.807, 2.05) is 24.3 Å². The van der Waals surface area contributed by atoms with Gasteiger partial charge in [-0.2, -0.15) is 13.2 Å². The van der Waals surface area contributed by atoms with Crippen molar-refractivity contribution in [1.82, 2.24) is 25.4 Å². The van der Waals surface area contributed by atoms with Crippen LogP contribution >= 0.6 is 0 Å². The van der Waals surface area contributed by atoms with E-state index in [1.165, 1.54) is 37.5 Å². The van der Waals surface area contributed by atoms with Gasteiger partial charge in [0.2, 0.25) is 11.8 Å². The second-order valence-corrected chi connectivity index (χ2v) is 11.2. The van der Waals surface area contributed by atoms with Crippen LogP contribution in [0.2, 0.25) is 0 Å². The van der Waals surface area contributed by atoms with Crippen molar-refractivity contribution in [2.75, 3.05) is 32.7 Å². The summed E-state index contributed by atoms with van der Waals surface area (Å²) >= 11 is 0. The van der Waals surface area contributed by atoms with Gasteiger partial charge in [-0.1, -0.05) is 42.8 Å². The number of aromatic amines is 1. The first-order chi connectivity index (χ1) is 19.8. The molecule has 5 rings (SSSR count). The quantitative estimate of drug-likeness (QED) is 0.355. The molecule has 3 N–H and O–H groups in total. The van der Waals surface area contributed by atoms with E-state index in [4.69, 9.17) is 0 Å². The van der Waals surface area contributed by atoms with Gasteiger partial charge in [0.1, 0.15) is 6.04 Å². The molecular weight excluding hydrogens is 531 g/mol. The second-order valence-electron chi connectivity index (χ2n) is 11.2. The van der Waals surface area contributed by atoms with Crippen molar-refractivity contribution in [3.63, 3.8) is 0 Å². The van der Waals surface area contributed by atoms with Gasteiger partial charge in [-0.25, -0.2) is 0 Å². The molecule has 0 bridgehead atoms. The number of likely N-dealkylation sites (tertiary alicyclic amines) is 2. The number of amides is 2. The number of alkyl halides is 3. The molecule has 220 valence electrons. The molecule has 1 atom stereocenters. The standard InChI is InChI=1S/C31H38F3N5O2/c32-31(33,34)26-10-4-2-8-22(26)19-36-30(41)28(18-23-20-35-27-11-5-3-9-25(23)27)37-29(40)21-38-16-12-24(13-17-38)39-14-6-1-7-15-39/h2-5,8-11,20,24,28,35H,1,6-7,12-19,21H2,(H,36,41)(H,37,40). The number of nitrogens with one attached hydrogen (secondary N) is 3. The zero-order valence-corrected chi connectivity index (χ0v) is 23.2. The number of fused-ring (bicyclic) bond motifs is 1. The molecule has 2 fully saturated rings. The molecule has 41 heavy (non-hydrogen) atoms. The zero-order valence-electron chi connectivity index (χ0n) is 23.2. The van der Waals surface area contributed by atoms with Crippen molar-refractivity contribution in [3.8, 4) is 0 Å². The third kappa shape index (κ3) is 7.48. The minimum atomic E-state index is -4.53. The Morgan fingerprint density at radius 2 is 1.63 bits per heavy atom. The minimum absolute atomic E-state index is 0.0258. The fourth-order valence-corrected chi connectivity index (χ4v) is 6.16. The topological polar surface area (TPSA) is 80.5 Å². The van der Waals surface area contributed by atoms with E-state index in [0.29, 0.717) is 6.04 Å². The molecule has 10 heteroatoms. The summed E-state index contributed by atoms with van der Waals surface area (Å²) in [6.07, 6.45) is 3.34. The number of halogens is 3. The van der Waals surface area contributed by atoms with Crippen LogP contribution < -0.4 is 10.6 Å². The van der Waals surface area contributed by atoms with Crippen LogP contribution in [0.15, 0.2) is 54.7 Å². The van der Waals surface area contributed by atoms with Crippen LogP contribution in [-0.2, 0) is 28.7 Å². The fraction of sp³-hybridized carbons (Fsp3) is 0.484. The van der Waals surface area contributed by atoms with E-state index >= 15 is 0 Å². The molecule has 0 spiro atoms. The molecule has 1 unspecified atom stereocenters. The number of H-pyrrole nitrogens is 1. The number of hydrogen-bond acceptors (Lipinski definition) is 4. The second kappa shape index (κ2) is 13.1. The van der Waals surface area contributed by atoms with Crippen LogP contribution in [0.4, 0.5) is 13.2 Å². The number of aromatic nitrogens is 1. The Kier molecular flexibility index (Phi) is 9.29. The Labute approximate surface area is 238 Å². The maximum atomic E-state index is 13.5. The molecule has 2 amide bonds. The molecule has 0 aliphatic carbocycles. The van der Waals surface area contributed by atoms with Crippen molar-refractivity contribution in [1.29, 1.82) is 0 Å². The fourth-order valence-electron chi connectivity index (χ4n) is 6.16. The molecule has 0 radical (unpaired) electrons. The van der Waals surface area contributed by atoms with Crippen LogP contribution in [0.25, 0.3) is 10.9 Å². The number of benzene rings is 2. The summed E-state index contributed by atoms with van der Waals surface area (Å²) in [4.78, 5) is 34.4. The average molecular weight is 570 g/mol. The highest BCUT2D eigenvalue weighted by molar-refractivity contribution is 5.90. The van der Waals surface area contributed by atoms with Crippen molar-refractivity contribution >= 4 is 22.7 Å². The lowest BCUT2D eigenvalue weighted by Crippen LogP contribution is -2.52. The van der Waals surface area contributed by atoms with Crippen LogP contribution in [-0.4, -0.2) is 71.4 Å². The van der Waals surface area contributed by atoms with Gasteiger partial charge in [0.25, 0.3) is 0 Å². The molecule has 2 aliphatic rings. The molecule has 2 aliphatic heterocycles. The van der Waals surface area contributed by atoms with Gasteiger partial charge < -0.3 is 20.5 Å². The van der Waals surface area contributed by atoms with Gasteiger partial charge >= 0.3 is 6.18 Å². The van der Waals surface area contributed by atoms with E-state index < -0.39 is 23.7 Å². The number of carbonyl (C=O) groups excluding carboxylic acids is 2.